The summed E-state index contributed by atoms with van der Waals surface area (Å²) in [5.74, 6) is 2.32. The fourth-order valence-electron chi connectivity index (χ4n) is 5.16. The third-order valence-corrected chi connectivity index (χ3v) is 6.94. The lowest BCUT2D eigenvalue weighted by molar-refractivity contribution is 0.764. The van der Waals surface area contributed by atoms with E-state index < -0.39 is 0 Å². The Morgan fingerprint density at radius 1 is 0.595 bits per heavy atom. The van der Waals surface area contributed by atoms with Crippen molar-refractivity contribution < 1.29 is 0 Å². The molecule has 7 rings (SSSR count). The fourth-order valence-corrected chi connectivity index (χ4v) is 5.16. The van der Waals surface area contributed by atoms with Crippen LogP contribution in [0.3, 0.4) is 0 Å². The molecule has 4 heteroatoms. The van der Waals surface area contributed by atoms with Crippen molar-refractivity contribution in [3.8, 4) is 28.5 Å². The van der Waals surface area contributed by atoms with Crippen molar-refractivity contribution >= 4 is 21.8 Å². The molecule has 0 aliphatic heterocycles. The molecule has 2 heterocycles. The molecule has 0 radical (unpaired) electrons. The van der Waals surface area contributed by atoms with E-state index in [-0.39, 0.29) is 5.92 Å². The second kappa shape index (κ2) is 8.99. The topological polar surface area (TPSA) is 43.6 Å². The van der Waals surface area contributed by atoms with Gasteiger partial charge in [0.25, 0.3) is 0 Å². The largest absolute Gasteiger partial charge is 0.309 e. The van der Waals surface area contributed by atoms with Crippen LogP contribution in [0.15, 0.2) is 127 Å². The van der Waals surface area contributed by atoms with E-state index in [1.807, 2.05) is 30.3 Å². The van der Waals surface area contributed by atoms with Crippen molar-refractivity contribution in [3.63, 3.8) is 0 Å². The maximum Gasteiger partial charge on any atom is 0.163 e. The molecular weight excluding hydrogens is 452 g/mol. The Labute approximate surface area is 215 Å². The molecule has 1 aliphatic carbocycles. The number of benzene rings is 4. The molecule has 0 amide bonds. The minimum atomic E-state index is 0.134. The molecule has 4 aromatic carbocycles. The van der Waals surface area contributed by atoms with Crippen LogP contribution in [0, 0.1) is 0 Å². The Hall–Kier alpha value is -4.83. The van der Waals surface area contributed by atoms with Crippen LogP contribution in [0.1, 0.15) is 18.2 Å². The smallest absolute Gasteiger partial charge is 0.163 e. The van der Waals surface area contributed by atoms with Gasteiger partial charge in [0.15, 0.2) is 11.6 Å². The summed E-state index contributed by atoms with van der Waals surface area (Å²) in [6.07, 6.45) is 9.37. The molecule has 0 fully saturated rings. The Bertz CT molecular complexity index is 1760. The summed E-state index contributed by atoms with van der Waals surface area (Å²) in [7, 11) is 0. The predicted molar refractivity (Wildman–Crippen MR) is 151 cm³/mol. The highest BCUT2D eigenvalue weighted by Gasteiger charge is 2.18. The molecule has 0 saturated carbocycles. The summed E-state index contributed by atoms with van der Waals surface area (Å²) in [5.41, 5.74) is 5.40. The van der Waals surface area contributed by atoms with Crippen molar-refractivity contribution in [1.29, 1.82) is 0 Å². The Kier molecular flexibility index (Phi) is 5.21. The molecule has 0 N–H and O–H groups in total. The van der Waals surface area contributed by atoms with Gasteiger partial charge < -0.3 is 4.57 Å². The summed E-state index contributed by atoms with van der Waals surface area (Å²) in [6.45, 7) is 0. The first-order valence-corrected chi connectivity index (χ1v) is 12.6. The summed E-state index contributed by atoms with van der Waals surface area (Å²) < 4.78 is 2.32. The monoisotopic (exact) mass is 476 g/mol. The van der Waals surface area contributed by atoms with Crippen LogP contribution in [0.25, 0.3) is 50.3 Å². The molecule has 1 aliphatic rings. The summed E-state index contributed by atoms with van der Waals surface area (Å²) >= 11 is 0. The van der Waals surface area contributed by atoms with Gasteiger partial charge in [-0.25, -0.2) is 15.0 Å². The highest BCUT2D eigenvalue weighted by molar-refractivity contribution is 6.09. The molecule has 4 nitrogen and oxygen atoms in total. The highest BCUT2D eigenvalue weighted by Crippen LogP contribution is 2.33. The second-order valence-electron chi connectivity index (χ2n) is 9.28. The average Bonchev–Trinajstić information content (AvgIpc) is 3.32. The van der Waals surface area contributed by atoms with Gasteiger partial charge in [0.05, 0.1) is 11.0 Å². The quantitative estimate of drug-likeness (QED) is 0.260. The number of hydrogen-bond acceptors (Lipinski definition) is 3. The molecule has 6 aromatic rings. The first-order valence-electron chi connectivity index (χ1n) is 12.6. The van der Waals surface area contributed by atoms with Crippen LogP contribution >= 0.6 is 0 Å². The van der Waals surface area contributed by atoms with Gasteiger partial charge in [-0.2, -0.15) is 0 Å². The minimum Gasteiger partial charge on any atom is -0.309 e. The third kappa shape index (κ3) is 3.83. The van der Waals surface area contributed by atoms with Crippen LogP contribution in [0.2, 0.25) is 0 Å². The van der Waals surface area contributed by atoms with Crippen LogP contribution in [-0.4, -0.2) is 19.5 Å². The molecule has 37 heavy (non-hydrogen) atoms. The normalized spacial score (nSPS) is 15.0. The van der Waals surface area contributed by atoms with Gasteiger partial charge in [0, 0.05) is 33.5 Å². The van der Waals surface area contributed by atoms with Crippen molar-refractivity contribution in [2.75, 3.05) is 0 Å². The van der Waals surface area contributed by atoms with Crippen molar-refractivity contribution in [1.82, 2.24) is 19.5 Å². The van der Waals surface area contributed by atoms with Crippen LogP contribution < -0.4 is 0 Å². The zero-order chi connectivity index (χ0) is 24.6. The zero-order valence-electron chi connectivity index (χ0n) is 20.2. The number of allylic oxidation sites excluding steroid dienone is 4. The molecule has 0 bridgehead atoms. The van der Waals surface area contributed by atoms with E-state index in [1.54, 1.807) is 0 Å². The first kappa shape index (κ1) is 21.5. The average molecular weight is 477 g/mol. The highest BCUT2D eigenvalue weighted by atomic mass is 15.0. The summed E-state index contributed by atoms with van der Waals surface area (Å²) in [4.78, 5) is 14.8. The lowest BCUT2D eigenvalue weighted by Gasteiger charge is -2.15. The zero-order valence-corrected chi connectivity index (χ0v) is 20.2. The van der Waals surface area contributed by atoms with E-state index in [2.05, 4.69) is 102 Å². The molecule has 2 aromatic heterocycles. The number of hydrogen-bond donors (Lipinski definition) is 0. The number of fused-ring (bicyclic) bond motifs is 3. The molecule has 1 atom stereocenters. The summed E-state index contributed by atoms with van der Waals surface area (Å²) in [6, 6.07) is 35.8. The standard InChI is InChI=1S/C33H24N4/c1-3-12-23(13-4-1)31-34-32(24-14-5-2-6-15-24)36-33(35-31)25-16-11-17-26(22-25)37-29-20-9-7-18-27(29)28-19-8-10-21-30(28)37/h1-14,16-22,24H,15H2. The molecule has 176 valence electrons. The van der Waals surface area contributed by atoms with Gasteiger partial charge in [0.2, 0.25) is 0 Å². The van der Waals surface area contributed by atoms with Crippen molar-refractivity contribution in [3.05, 3.63) is 133 Å². The number of para-hydroxylation sites is 2. The Morgan fingerprint density at radius 2 is 1.24 bits per heavy atom. The number of nitrogens with zero attached hydrogens (tertiary/aromatic N) is 4. The molecular formula is C33H24N4. The maximum atomic E-state index is 4.98. The second-order valence-corrected chi connectivity index (χ2v) is 9.28. The Morgan fingerprint density at radius 3 is 1.95 bits per heavy atom. The van der Waals surface area contributed by atoms with Gasteiger partial charge >= 0.3 is 0 Å². The van der Waals surface area contributed by atoms with E-state index in [0.29, 0.717) is 11.6 Å². The van der Waals surface area contributed by atoms with Crippen molar-refractivity contribution in [2.24, 2.45) is 0 Å². The van der Waals surface area contributed by atoms with Gasteiger partial charge in [-0.15, -0.1) is 0 Å². The van der Waals surface area contributed by atoms with E-state index in [0.717, 1.165) is 29.1 Å². The first-order chi connectivity index (χ1) is 18.3. The van der Waals surface area contributed by atoms with E-state index in [4.69, 9.17) is 15.0 Å². The SMILES string of the molecule is C1=CCC(c2nc(-c3ccccc3)nc(-c3cccc(-n4c5ccccc5c5ccccc54)c3)n2)C=C1. The van der Waals surface area contributed by atoms with Gasteiger partial charge in [-0.05, 0) is 30.7 Å². The number of aromatic nitrogens is 4. The predicted octanol–water partition coefficient (Wildman–Crippen LogP) is 7.90. The van der Waals surface area contributed by atoms with Crippen LogP contribution in [0.4, 0.5) is 0 Å². The summed E-state index contributed by atoms with van der Waals surface area (Å²) in [5, 5.41) is 2.49. The minimum absolute atomic E-state index is 0.134. The molecule has 0 spiro atoms. The number of rotatable bonds is 4. The van der Waals surface area contributed by atoms with Crippen LogP contribution in [0.5, 0.6) is 0 Å². The Balaban J connectivity index is 1.41. The molecule has 0 saturated heterocycles. The van der Waals surface area contributed by atoms with Crippen LogP contribution in [-0.2, 0) is 0 Å². The maximum absolute atomic E-state index is 4.98. The molecule has 1 unspecified atom stereocenters. The van der Waals surface area contributed by atoms with E-state index in [9.17, 15) is 0 Å². The lowest BCUT2D eigenvalue weighted by atomic mass is 10.00. The van der Waals surface area contributed by atoms with E-state index >= 15 is 0 Å². The van der Waals surface area contributed by atoms with E-state index in [1.165, 1.54) is 21.8 Å². The van der Waals surface area contributed by atoms with Gasteiger partial charge in [-0.1, -0.05) is 103 Å². The third-order valence-electron chi connectivity index (χ3n) is 6.94. The van der Waals surface area contributed by atoms with Crippen molar-refractivity contribution in [2.45, 2.75) is 12.3 Å². The van der Waals surface area contributed by atoms with Gasteiger partial charge in [-0.3, -0.25) is 0 Å². The lowest BCUT2D eigenvalue weighted by Crippen LogP contribution is -2.08. The fraction of sp³-hybridized carbons (Fsp3) is 0.0606. The van der Waals surface area contributed by atoms with Gasteiger partial charge in [0.1, 0.15) is 5.82 Å².